The van der Waals surface area contributed by atoms with Crippen molar-refractivity contribution in [3.63, 3.8) is 0 Å². The van der Waals surface area contributed by atoms with Crippen LogP contribution in [0, 0.1) is 13.8 Å². The summed E-state index contributed by atoms with van der Waals surface area (Å²) >= 11 is 3.54. The SMILES string of the molecule is Cc1cc(NC(=NC(C)C)NN)cc(C)c1Br. The molecule has 4 nitrogen and oxygen atoms in total. The van der Waals surface area contributed by atoms with Crippen LogP contribution >= 0.6 is 15.9 Å². The van der Waals surface area contributed by atoms with E-state index >= 15 is 0 Å². The third-order valence-electron chi connectivity index (χ3n) is 2.22. The van der Waals surface area contributed by atoms with Crippen LogP contribution in [0.3, 0.4) is 0 Å². The number of nitrogens with zero attached hydrogens (tertiary/aromatic N) is 1. The first-order chi connectivity index (χ1) is 7.93. The molecule has 0 saturated heterocycles. The molecule has 0 aliphatic rings. The molecule has 0 spiro atoms. The van der Waals surface area contributed by atoms with Gasteiger partial charge in [0.25, 0.3) is 0 Å². The van der Waals surface area contributed by atoms with Crippen molar-refractivity contribution in [3.05, 3.63) is 27.7 Å². The summed E-state index contributed by atoms with van der Waals surface area (Å²) in [5.74, 6) is 5.99. The van der Waals surface area contributed by atoms with E-state index in [0.29, 0.717) is 5.96 Å². The van der Waals surface area contributed by atoms with Gasteiger partial charge in [0.1, 0.15) is 0 Å². The van der Waals surface area contributed by atoms with Gasteiger partial charge in [0.15, 0.2) is 0 Å². The minimum atomic E-state index is 0.186. The van der Waals surface area contributed by atoms with E-state index in [1.165, 1.54) is 11.1 Å². The first-order valence-corrected chi connectivity index (χ1v) is 6.31. The summed E-state index contributed by atoms with van der Waals surface area (Å²) in [4.78, 5) is 4.33. The van der Waals surface area contributed by atoms with E-state index in [0.717, 1.165) is 10.2 Å². The van der Waals surface area contributed by atoms with Gasteiger partial charge in [-0.05, 0) is 51.0 Å². The Hall–Kier alpha value is -1.07. The predicted octanol–water partition coefficient (Wildman–Crippen LogP) is 2.71. The summed E-state index contributed by atoms with van der Waals surface area (Å²) in [5, 5.41) is 3.16. The summed E-state index contributed by atoms with van der Waals surface area (Å²) in [7, 11) is 0. The number of guanidine groups is 1. The van der Waals surface area contributed by atoms with Gasteiger partial charge in [-0.15, -0.1) is 0 Å². The van der Waals surface area contributed by atoms with Gasteiger partial charge in [0.05, 0.1) is 0 Å². The Labute approximate surface area is 111 Å². The number of rotatable bonds is 2. The zero-order chi connectivity index (χ0) is 13.0. The Kier molecular flexibility index (Phi) is 4.96. The molecule has 0 radical (unpaired) electrons. The lowest BCUT2D eigenvalue weighted by molar-refractivity contribution is 0.819. The van der Waals surface area contributed by atoms with Gasteiger partial charge < -0.3 is 5.32 Å². The van der Waals surface area contributed by atoms with Crippen molar-refractivity contribution in [2.24, 2.45) is 10.8 Å². The number of hydrazine groups is 1. The number of hydrogen-bond donors (Lipinski definition) is 3. The van der Waals surface area contributed by atoms with E-state index in [-0.39, 0.29) is 6.04 Å². The second-order valence-electron chi connectivity index (χ2n) is 4.26. The molecule has 1 rings (SSSR count). The Morgan fingerprint density at radius 3 is 2.24 bits per heavy atom. The normalized spacial score (nSPS) is 11.8. The van der Waals surface area contributed by atoms with Gasteiger partial charge >= 0.3 is 0 Å². The third kappa shape index (κ3) is 4.02. The number of aryl methyl sites for hydroxylation is 2. The van der Waals surface area contributed by atoms with Crippen molar-refractivity contribution >= 4 is 27.6 Å². The Morgan fingerprint density at radius 2 is 1.82 bits per heavy atom. The second-order valence-corrected chi connectivity index (χ2v) is 5.06. The number of anilines is 1. The minimum absolute atomic E-state index is 0.186. The lowest BCUT2D eigenvalue weighted by Gasteiger charge is -2.13. The molecule has 1 aromatic carbocycles. The summed E-state index contributed by atoms with van der Waals surface area (Å²) in [6.45, 7) is 8.10. The smallest absolute Gasteiger partial charge is 0.210 e. The lowest BCUT2D eigenvalue weighted by atomic mass is 10.1. The van der Waals surface area contributed by atoms with Crippen LogP contribution in [0.2, 0.25) is 0 Å². The Morgan fingerprint density at radius 1 is 1.29 bits per heavy atom. The van der Waals surface area contributed by atoms with Crippen LogP contribution in [0.15, 0.2) is 21.6 Å². The Balaban J connectivity index is 2.95. The fraction of sp³-hybridized carbons (Fsp3) is 0.417. The van der Waals surface area contributed by atoms with E-state index < -0.39 is 0 Å². The molecule has 0 amide bonds. The van der Waals surface area contributed by atoms with Crippen molar-refractivity contribution < 1.29 is 0 Å². The zero-order valence-corrected chi connectivity index (χ0v) is 12.2. The number of aliphatic imine (C=N–C) groups is 1. The first kappa shape index (κ1) is 14.0. The van der Waals surface area contributed by atoms with E-state index in [9.17, 15) is 0 Å². The van der Waals surface area contributed by atoms with Gasteiger partial charge in [-0.25, -0.2) is 10.8 Å². The molecule has 0 aliphatic carbocycles. The average molecular weight is 299 g/mol. The van der Waals surface area contributed by atoms with Crippen molar-refractivity contribution in [1.29, 1.82) is 0 Å². The third-order valence-corrected chi connectivity index (χ3v) is 3.47. The molecule has 0 unspecified atom stereocenters. The molecule has 0 atom stereocenters. The number of hydrogen-bond acceptors (Lipinski definition) is 2. The zero-order valence-electron chi connectivity index (χ0n) is 10.6. The van der Waals surface area contributed by atoms with E-state index in [2.05, 4.69) is 45.5 Å². The van der Waals surface area contributed by atoms with Gasteiger partial charge in [-0.3, -0.25) is 5.43 Å². The summed E-state index contributed by atoms with van der Waals surface area (Å²) in [5.41, 5.74) is 5.88. The van der Waals surface area contributed by atoms with Crippen LogP contribution in [0.5, 0.6) is 0 Å². The molecule has 17 heavy (non-hydrogen) atoms. The average Bonchev–Trinajstić information content (AvgIpc) is 2.24. The van der Waals surface area contributed by atoms with Gasteiger partial charge in [0.2, 0.25) is 5.96 Å². The van der Waals surface area contributed by atoms with Crippen LogP contribution in [0.4, 0.5) is 5.69 Å². The molecule has 5 heteroatoms. The number of benzene rings is 1. The largest absolute Gasteiger partial charge is 0.325 e. The van der Waals surface area contributed by atoms with Crippen molar-refractivity contribution in [2.75, 3.05) is 5.32 Å². The van der Waals surface area contributed by atoms with Crippen molar-refractivity contribution in [3.8, 4) is 0 Å². The summed E-state index contributed by atoms with van der Waals surface area (Å²) in [6.07, 6.45) is 0. The van der Waals surface area contributed by atoms with Crippen molar-refractivity contribution in [2.45, 2.75) is 33.7 Å². The van der Waals surface area contributed by atoms with Crippen LogP contribution in [-0.4, -0.2) is 12.0 Å². The quantitative estimate of drug-likeness (QED) is 0.340. The summed E-state index contributed by atoms with van der Waals surface area (Å²) < 4.78 is 1.13. The first-order valence-electron chi connectivity index (χ1n) is 5.52. The van der Waals surface area contributed by atoms with Gasteiger partial charge in [0, 0.05) is 16.2 Å². The maximum atomic E-state index is 5.42. The molecule has 4 N–H and O–H groups in total. The topological polar surface area (TPSA) is 62.4 Å². The molecular weight excluding hydrogens is 280 g/mol. The second kappa shape index (κ2) is 6.02. The van der Waals surface area contributed by atoms with Crippen molar-refractivity contribution in [1.82, 2.24) is 5.43 Å². The van der Waals surface area contributed by atoms with E-state index in [4.69, 9.17) is 5.84 Å². The number of nitrogens with two attached hydrogens (primary N) is 1. The lowest BCUT2D eigenvalue weighted by Crippen LogP contribution is -2.37. The number of nitrogens with one attached hydrogen (secondary N) is 2. The minimum Gasteiger partial charge on any atom is -0.325 e. The van der Waals surface area contributed by atoms with E-state index in [1.54, 1.807) is 0 Å². The molecule has 0 aromatic heterocycles. The number of halogens is 1. The molecule has 0 bridgehead atoms. The van der Waals surface area contributed by atoms with Crippen LogP contribution in [0.25, 0.3) is 0 Å². The molecule has 94 valence electrons. The molecular formula is C12H19BrN4. The van der Waals surface area contributed by atoms with Crippen LogP contribution < -0.4 is 16.6 Å². The van der Waals surface area contributed by atoms with Crippen LogP contribution in [0.1, 0.15) is 25.0 Å². The molecule has 0 saturated carbocycles. The van der Waals surface area contributed by atoms with Gasteiger partial charge in [-0.2, -0.15) is 0 Å². The maximum Gasteiger partial charge on any atom is 0.210 e. The highest BCUT2D eigenvalue weighted by molar-refractivity contribution is 9.10. The molecule has 0 aliphatic heterocycles. The predicted molar refractivity (Wildman–Crippen MR) is 77.1 cm³/mol. The standard InChI is InChI=1S/C12H19BrN4/c1-7(2)15-12(17-14)16-10-5-8(3)11(13)9(4)6-10/h5-7H,14H2,1-4H3,(H2,15,16,17). The van der Waals surface area contributed by atoms with Crippen LogP contribution in [-0.2, 0) is 0 Å². The monoisotopic (exact) mass is 298 g/mol. The highest BCUT2D eigenvalue weighted by atomic mass is 79.9. The fourth-order valence-corrected chi connectivity index (χ4v) is 1.75. The van der Waals surface area contributed by atoms with Gasteiger partial charge in [-0.1, -0.05) is 15.9 Å². The maximum absolute atomic E-state index is 5.42. The highest BCUT2D eigenvalue weighted by Gasteiger charge is 2.04. The highest BCUT2D eigenvalue weighted by Crippen LogP contribution is 2.24. The molecule has 0 heterocycles. The Bertz CT molecular complexity index is 404. The van der Waals surface area contributed by atoms with E-state index in [1.807, 2.05) is 26.0 Å². The fourth-order valence-electron chi connectivity index (χ4n) is 1.52. The molecule has 0 fully saturated rings. The summed E-state index contributed by atoms with van der Waals surface area (Å²) in [6, 6.07) is 4.28. The molecule has 1 aromatic rings.